The smallest absolute Gasteiger partial charge is 0.251 e. The van der Waals surface area contributed by atoms with Crippen LogP contribution >= 0.6 is 11.8 Å². The van der Waals surface area contributed by atoms with Gasteiger partial charge in [-0.3, -0.25) is 4.79 Å². The lowest BCUT2D eigenvalue weighted by atomic mass is 10.1. The van der Waals surface area contributed by atoms with Gasteiger partial charge in [0.15, 0.2) is 0 Å². The summed E-state index contributed by atoms with van der Waals surface area (Å²) < 4.78 is 5.11. The largest absolute Gasteiger partial charge is 0.383 e. The minimum Gasteiger partial charge on any atom is -0.383 e. The van der Waals surface area contributed by atoms with Gasteiger partial charge in [-0.05, 0) is 36.8 Å². The van der Waals surface area contributed by atoms with Crippen molar-refractivity contribution in [3.63, 3.8) is 0 Å². The third-order valence-electron chi connectivity index (χ3n) is 3.82. The third-order valence-corrected chi connectivity index (χ3v) is 4.63. The molecule has 2 heterocycles. The fourth-order valence-corrected chi connectivity index (χ4v) is 3.26. The van der Waals surface area contributed by atoms with Gasteiger partial charge in [-0.25, -0.2) is 4.98 Å². The van der Waals surface area contributed by atoms with E-state index in [9.17, 15) is 4.79 Å². The highest BCUT2D eigenvalue weighted by molar-refractivity contribution is 7.99. The van der Waals surface area contributed by atoms with Gasteiger partial charge in [0.2, 0.25) is 0 Å². The molecule has 0 aromatic carbocycles. The molecule has 1 aliphatic heterocycles. The van der Waals surface area contributed by atoms with Gasteiger partial charge in [0.1, 0.15) is 0 Å². The van der Waals surface area contributed by atoms with Crippen LogP contribution in [0.25, 0.3) is 0 Å². The van der Waals surface area contributed by atoms with E-state index >= 15 is 0 Å². The number of likely N-dealkylation sites (tertiary alicyclic amines) is 1. The highest BCUT2D eigenvalue weighted by atomic mass is 32.2. The van der Waals surface area contributed by atoms with Crippen molar-refractivity contribution in [3.8, 4) is 0 Å². The minimum atomic E-state index is -0.00399. The van der Waals surface area contributed by atoms with Gasteiger partial charge in [0.05, 0.1) is 11.6 Å². The van der Waals surface area contributed by atoms with Crippen molar-refractivity contribution in [3.05, 3.63) is 23.9 Å². The number of nitrogens with one attached hydrogen (secondary N) is 1. The van der Waals surface area contributed by atoms with Crippen LogP contribution in [-0.2, 0) is 4.74 Å². The second-order valence-electron chi connectivity index (χ2n) is 5.47. The van der Waals surface area contributed by atoms with E-state index in [4.69, 9.17) is 4.74 Å². The zero-order chi connectivity index (χ0) is 15.8. The van der Waals surface area contributed by atoms with Gasteiger partial charge >= 0.3 is 0 Å². The van der Waals surface area contributed by atoms with Crippen LogP contribution in [-0.4, -0.2) is 61.4 Å². The summed E-state index contributed by atoms with van der Waals surface area (Å²) in [5, 5.41) is 3.96. The summed E-state index contributed by atoms with van der Waals surface area (Å²) >= 11 is 1.65. The Kier molecular flexibility index (Phi) is 7.15. The number of pyridine rings is 1. The van der Waals surface area contributed by atoms with Gasteiger partial charge in [-0.15, -0.1) is 11.8 Å². The maximum absolute atomic E-state index is 12.2. The van der Waals surface area contributed by atoms with Crippen molar-refractivity contribution in [1.29, 1.82) is 0 Å². The van der Waals surface area contributed by atoms with Gasteiger partial charge in [-0.2, -0.15) is 0 Å². The quantitative estimate of drug-likeness (QED) is 0.741. The molecule has 1 aromatic rings. The number of nitrogens with zero attached hydrogens (tertiary/aromatic N) is 2. The van der Waals surface area contributed by atoms with Crippen LogP contribution in [0.15, 0.2) is 23.4 Å². The monoisotopic (exact) mass is 323 g/mol. The first-order valence-corrected chi connectivity index (χ1v) is 8.79. The Balaban J connectivity index is 1.77. The molecule has 122 valence electrons. The van der Waals surface area contributed by atoms with Gasteiger partial charge < -0.3 is 15.0 Å². The highest BCUT2D eigenvalue weighted by Crippen LogP contribution is 2.17. The zero-order valence-corrected chi connectivity index (χ0v) is 14.2. The highest BCUT2D eigenvalue weighted by Gasteiger charge is 2.22. The molecule has 0 saturated carbocycles. The van der Waals surface area contributed by atoms with Gasteiger partial charge in [-0.1, -0.05) is 6.92 Å². The number of methoxy groups -OCH3 is 1. The van der Waals surface area contributed by atoms with Gasteiger partial charge in [0, 0.05) is 38.5 Å². The van der Waals surface area contributed by atoms with Gasteiger partial charge in [0.25, 0.3) is 5.91 Å². The second kappa shape index (κ2) is 9.12. The first kappa shape index (κ1) is 17.2. The van der Waals surface area contributed by atoms with Crippen molar-refractivity contribution in [2.24, 2.45) is 5.92 Å². The number of hydrogen-bond donors (Lipinski definition) is 1. The van der Waals surface area contributed by atoms with Crippen molar-refractivity contribution in [2.75, 3.05) is 45.6 Å². The topological polar surface area (TPSA) is 54.5 Å². The molecule has 5 nitrogen and oxygen atoms in total. The molecular weight excluding hydrogens is 298 g/mol. The Morgan fingerprint density at radius 1 is 1.59 bits per heavy atom. The average Bonchev–Trinajstić information content (AvgIpc) is 2.99. The maximum atomic E-state index is 12.2. The van der Waals surface area contributed by atoms with Crippen LogP contribution in [0.3, 0.4) is 0 Å². The fourth-order valence-electron chi connectivity index (χ4n) is 2.62. The fraction of sp³-hybridized carbons (Fsp3) is 0.625. The summed E-state index contributed by atoms with van der Waals surface area (Å²) in [7, 11) is 1.73. The lowest BCUT2D eigenvalue weighted by Crippen LogP contribution is -2.31. The van der Waals surface area contributed by atoms with Crippen LogP contribution in [0, 0.1) is 5.92 Å². The standard InChI is InChI=1S/C16H25N3O2S/c1-3-22-15-10-14(4-6-17-15)16(20)18-11-13-5-7-19(12-13)8-9-21-2/h4,6,10,13H,3,5,7-9,11-12H2,1-2H3,(H,18,20). The molecule has 1 unspecified atom stereocenters. The van der Waals surface area contributed by atoms with E-state index in [1.165, 1.54) is 0 Å². The molecule has 1 aromatic heterocycles. The summed E-state index contributed by atoms with van der Waals surface area (Å²) in [5.74, 6) is 1.49. The van der Waals surface area contributed by atoms with E-state index in [0.29, 0.717) is 11.5 Å². The first-order valence-electron chi connectivity index (χ1n) is 7.81. The predicted molar refractivity (Wildman–Crippen MR) is 89.4 cm³/mol. The van der Waals surface area contributed by atoms with Crippen molar-refractivity contribution >= 4 is 17.7 Å². The van der Waals surface area contributed by atoms with Crippen LogP contribution in [0.4, 0.5) is 0 Å². The van der Waals surface area contributed by atoms with E-state index < -0.39 is 0 Å². The zero-order valence-electron chi connectivity index (χ0n) is 13.4. The van der Waals surface area contributed by atoms with E-state index in [0.717, 1.165) is 50.0 Å². The molecule has 0 aliphatic carbocycles. The van der Waals surface area contributed by atoms with E-state index in [2.05, 4.69) is 22.1 Å². The van der Waals surface area contributed by atoms with Crippen molar-refractivity contribution in [1.82, 2.24) is 15.2 Å². The Morgan fingerprint density at radius 2 is 2.45 bits per heavy atom. The van der Waals surface area contributed by atoms with Crippen molar-refractivity contribution in [2.45, 2.75) is 18.4 Å². The van der Waals surface area contributed by atoms with Crippen LogP contribution in [0.1, 0.15) is 23.7 Å². The number of rotatable bonds is 8. The molecule has 1 aliphatic rings. The Bertz CT molecular complexity index is 484. The predicted octanol–water partition coefficient (Wildman–Crippen LogP) is 1.89. The van der Waals surface area contributed by atoms with Crippen LogP contribution in [0.2, 0.25) is 0 Å². The number of aromatic nitrogens is 1. The third kappa shape index (κ3) is 5.26. The molecule has 1 N–H and O–H groups in total. The molecule has 22 heavy (non-hydrogen) atoms. The lowest BCUT2D eigenvalue weighted by molar-refractivity contribution is 0.0946. The number of thioether (sulfide) groups is 1. The number of amides is 1. The SMILES string of the molecule is CCSc1cc(C(=O)NCC2CCN(CCOC)C2)ccn1. The summed E-state index contributed by atoms with van der Waals surface area (Å²) in [6.07, 6.45) is 2.84. The molecule has 1 amide bonds. The Hall–Kier alpha value is -1.11. The van der Waals surface area contributed by atoms with Crippen LogP contribution < -0.4 is 5.32 Å². The van der Waals surface area contributed by atoms with E-state index in [1.54, 1.807) is 31.1 Å². The van der Waals surface area contributed by atoms with E-state index in [-0.39, 0.29) is 5.91 Å². The number of hydrogen-bond acceptors (Lipinski definition) is 5. The maximum Gasteiger partial charge on any atom is 0.251 e. The Morgan fingerprint density at radius 3 is 3.23 bits per heavy atom. The number of carbonyl (C=O) groups excluding carboxylic acids is 1. The minimum absolute atomic E-state index is 0.00399. The number of ether oxygens (including phenoxy) is 1. The molecule has 0 bridgehead atoms. The van der Waals surface area contributed by atoms with Crippen molar-refractivity contribution < 1.29 is 9.53 Å². The number of carbonyl (C=O) groups is 1. The molecule has 0 radical (unpaired) electrons. The molecule has 6 heteroatoms. The average molecular weight is 323 g/mol. The summed E-state index contributed by atoms with van der Waals surface area (Å²) in [6.45, 7) is 6.69. The molecule has 2 rings (SSSR count). The molecule has 1 saturated heterocycles. The molecule has 1 fully saturated rings. The van der Waals surface area contributed by atoms with Crippen LogP contribution in [0.5, 0.6) is 0 Å². The summed E-state index contributed by atoms with van der Waals surface area (Å²) in [4.78, 5) is 18.9. The first-order chi connectivity index (χ1) is 10.7. The second-order valence-corrected chi connectivity index (χ2v) is 6.76. The summed E-state index contributed by atoms with van der Waals surface area (Å²) in [5.41, 5.74) is 0.695. The summed E-state index contributed by atoms with van der Waals surface area (Å²) in [6, 6.07) is 3.64. The molecule has 1 atom stereocenters. The lowest BCUT2D eigenvalue weighted by Gasteiger charge is -2.15. The molecule has 0 spiro atoms. The van der Waals surface area contributed by atoms with E-state index in [1.807, 2.05) is 6.07 Å². The molecular formula is C16H25N3O2S. The Labute approximate surface area is 136 Å². The normalized spacial score (nSPS) is 18.5.